The third-order valence-corrected chi connectivity index (χ3v) is 7.02. The highest BCUT2D eigenvalue weighted by atomic mass is 16.2. The monoisotopic (exact) mass is 428 g/mol. The lowest BCUT2D eigenvalue weighted by Gasteiger charge is -2.32. The number of nitrogens with one attached hydrogen (secondary N) is 4. The van der Waals surface area contributed by atoms with Crippen molar-refractivity contribution in [3.8, 4) is 0 Å². The Bertz CT molecular complexity index is 797. The van der Waals surface area contributed by atoms with E-state index in [-0.39, 0.29) is 17.9 Å². The highest BCUT2D eigenvalue weighted by molar-refractivity contribution is 5.92. The lowest BCUT2D eigenvalue weighted by molar-refractivity contribution is -1.01. The summed E-state index contributed by atoms with van der Waals surface area (Å²) in [4.78, 5) is 27.7. The van der Waals surface area contributed by atoms with E-state index in [1.807, 2.05) is 26.0 Å². The maximum Gasteiger partial charge on any atom is 0.279 e. The molecule has 1 heterocycles. The summed E-state index contributed by atoms with van der Waals surface area (Å²) in [5, 5.41) is 6.20. The van der Waals surface area contributed by atoms with Crippen LogP contribution in [0.4, 0.5) is 5.69 Å². The van der Waals surface area contributed by atoms with Crippen molar-refractivity contribution in [3.63, 3.8) is 0 Å². The summed E-state index contributed by atoms with van der Waals surface area (Å²) in [6.45, 7) is 11.0. The van der Waals surface area contributed by atoms with Crippen LogP contribution in [0.1, 0.15) is 50.2 Å². The minimum absolute atomic E-state index is 0.0364. The van der Waals surface area contributed by atoms with Crippen molar-refractivity contribution in [3.05, 3.63) is 41.0 Å². The number of rotatable bonds is 8. The predicted molar refractivity (Wildman–Crippen MR) is 124 cm³/mol. The fourth-order valence-corrected chi connectivity index (χ4v) is 4.66. The molecular weight excluding hydrogens is 388 g/mol. The number of benzene rings is 1. The number of hydrogen-bond acceptors (Lipinski definition) is 2. The van der Waals surface area contributed by atoms with Gasteiger partial charge in [0.15, 0.2) is 12.6 Å². The van der Waals surface area contributed by atoms with Gasteiger partial charge >= 0.3 is 0 Å². The van der Waals surface area contributed by atoms with Crippen LogP contribution >= 0.6 is 0 Å². The second-order valence-electron chi connectivity index (χ2n) is 9.25. The van der Waals surface area contributed by atoms with Gasteiger partial charge in [0.05, 0.1) is 0 Å². The summed E-state index contributed by atoms with van der Waals surface area (Å²) in [5.41, 5.74) is 4.72. The molecule has 2 amide bonds. The largest absolute Gasteiger partial charge is 0.351 e. The van der Waals surface area contributed by atoms with E-state index in [2.05, 4.69) is 29.7 Å². The number of quaternary nitrogens is 2. The fourth-order valence-electron chi connectivity index (χ4n) is 4.66. The maximum atomic E-state index is 12.6. The van der Waals surface area contributed by atoms with Crippen LogP contribution in [-0.2, 0) is 9.59 Å². The molecule has 1 saturated heterocycles. The summed E-state index contributed by atoms with van der Waals surface area (Å²) in [5.74, 6) is 0.220. The standard InChI is InChI=1S/C25H38N4O2/c1-19-8-7-11-23(20(19)2)27-24(30)18-28-14-16-29(17-15-28)21(3)25(31)26-13-12-22-9-5-4-6-10-22/h7-9,11,21H,4-6,10,12-18H2,1-3H3,(H,26,31)(H,27,30)/p+2/t21-/m1/s1. The molecule has 31 heavy (non-hydrogen) atoms. The number of piperazine rings is 1. The Morgan fingerprint density at radius 2 is 1.87 bits per heavy atom. The van der Waals surface area contributed by atoms with Crippen LogP contribution in [0.25, 0.3) is 0 Å². The first-order valence-corrected chi connectivity index (χ1v) is 11.9. The van der Waals surface area contributed by atoms with Gasteiger partial charge in [-0.1, -0.05) is 23.8 Å². The third-order valence-electron chi connectivity index (χ3n) is 7.02. The molecule has 6 nitrogen and oxygen atoms in total. The molecule has 1 fully saturated rings. The summed E-state index contributed by atoms with van der Waals surface area (Å²) in [6, 6.07) is 5.96. The van der Waals surface area contributed by atoms with Crippen molar-refractivity contribution in [2.45, 2.75) is 58.9 Å². The molecule has 1 aromatic carbocycles. The van der Waals surface area contributed by atoms with Gasteiger partial charge in [-0.2, -0.15) is 0 Å². The zero-order valence-electron chi connectivity index (χ0n) is 19.5. The van der Waals surface area contributed by atoms with Gasteiger partial charge in [0.1, 0.15) is 26.2 Å². The molecule has 0 spiro atoms. The molecule has 1 aliphatic carbocycles. The molecule has 1 aromatic rings. The maximum absolute atomic E-state index is 12.6. The number of carbonyl (C=O) groups is 2. The average molecular weight is 429 g/mol. The average Bonchev–Trinajstić information content (AvgIpc) is 2.77. The number of carbonyl (C=O) groups excluding carboxylic acids is 2. The first kappa shape index (κ1) is 23.5. The topological polar surface area (TPSA) is 67.1 Å². The van der Waals surface area contributed by atoms with E-state index in [9.17, 15) is 9.59 Å². The van der Waals surface area contributed by atoms with E-state index in [0.717, 1.165) is 50.4 Å². The van der Waals surface area contributed by atoms with Gasteiger partial charge in [0.2, 0.25) is 0 Å². The summed E-state index contributed by atoms with van der Waals surface area (Å²) >= 11 is 0. The molecule has 170 valence electrons. The zero-order chi connectivity index (χ0) is 22.2. The Labute approximate surface area is 187 Å². The van der Waals surface area contributed by atoms with E-state index in [0.29, 0.717) is 6.54 Å². The van der Waals surface area contributed by atoms with Crippen LogP contribution < -0.4 is 20.4 Å². The van der Waals surface area contributed by atoms with Crippen LogP contribution in [0.2, 0.25) is 0 Å². The number of amides is 2. The van der Waals surface area contributed by atoms with E-state index in [1.165, 1.54) is 46.6 Å². The second-order valence-corrected chi connectivity index (χ2v) is 9.25. The normalized spacial score (nSPS) is 22.4. The predicted octanol–water partition coefficient (Wildman–Crippen LogP) is 0.421. The van der Waals surface area contributed by atoms with E-state index < -0.39 is 0 Å². The van der Waals surface area contributed by atoms with Crippen LogP contribution in [0.15, 0.2) is 29.8 Å². The van der Waals surface area contributed by atoms with Crippen molar-refractivity contribution in [2.75, 3.05) is 44.6 Å². The van der Waals surface area contributed by atoms with Gasteiger partial charge in [-0.05, 0) is 70.1 Å². The van der Waals surface area contributed by atoms with Crippen LogP contribution in [-0.4, -0.2) is 57.1 Å². The number of allylic oxidation sites excluding steroid dienone is 1. The molecule has 0 bridgehead atoms. The minimum atomic E-state index is -0.0364. The molecule has 3 rings (SSSR count). The second kappa shape index (κ2) is 11.4. The van der Waals surface area contributed by atoms with Gasteiger partial charge in [-0.25, -0.2) is 0 Å². The first-order valence-electron chi connectivity index (χ1n) is 11.9. The molecule has 1 atom stereocenters. The Kier molecular flexibility index (Phi) is 8.67. The minimum Gasteiger partial charge on any atom is -0.351 e. The molecule has 0 unspecified atom stereocenters. The lowest BCUT2D eigenvalue weighted by Crippen LogP contribution is -3.30. The Morgan fingerprint density at radius 3 is 2.58 bits per heavy atom. The summed E-state index contributed by atoms with van der Waals surface area (Å²) in [6.07, 6.45) is 8.31. The van der Waals surface area contributed by atoms with Gasteiger partial charge in [0.25, 0.3) is 11.8 Å². The molecule has 4 N–H and O–H groups in total. The van der Waals surface area contributed by atoms with Crippen molar-refractivity contribution >= 4 is 17.5 Å². The molecule has 0 radical (unpaired) electrons. The van der Waals surface area contributed by atoms with Gasteiger partial charge in [-0.3, -0.25) is 9.59 Å². The summed E-state index contributed by atoms with van der Waals surface area (Å²) in [7, 11) is 0. The quantitative estimate of drug-likeness (QED) is 0.454. The van der Waals surface area contributed by atoms with Crippen LogP contribution in [0.5, 0.6) is 0 Å². The molecule has 0 aromatic heterocycles. The van der Waals surface area contributed by atoms with E-state index >= 15 is 0 Å². The number of aryl methyl sites for hydroxylation is 1. The van der Waals surface area contributed by atoms with Gasteiger partial charge < -0.3 is 20.4 Å². The smallest absolute Gasteiger partial charge is 0.279 e. The van der Waals surface area contributed by atoms with Crippen LogP contribution in [0.3, 0.4) is 0 Å². The van der Waals surface area contributed by atoms with Crippen molar-refractivity contribution in [2.24, 2.45) is 0 Å². The Hall–Kier alpha value is -2.18. The van der Waals surface area contributed by atoms with Crippen molar-refractivity contribution < 1.29 is 19.4 Å². The molecule has 1 aliphatic heterocycles. The highest BCUT2D eigenvalue weighted by Gasteiger charge is 2.31. The van der Waals surface area contributed by atoms with Crippen molar-refractivity contribution in [1.82, 2.24) is 5.32 Å². The highest BCUT2D eigenvalue weighted by Crippen LogP contribution is 2.19. The van der Waals surface area contributed by atoms with Gasteiger partial charge in [-0.15, -0.1) is 0 Å². The Balaban J connectivity index is 1.37. The van der Waals surface area contributed by atoms with Gasteiger partial charge in [0, 0.05) is 12.2 Å². The molecular formula is C25H40N4O2+2. The van der Waals surface area contributed by atoms with E-state index in [1.54, 1.807) is 0 Å². The lowest BCUT2D eigenvalue weighted by atomic mass is 9.97. The van der Waals surface area contributed by atoms with Crippen molar-refractivity contribution in [1.29, 1.82) is 0 Å². The number of hydrogen-bond donors (Lipinski definition) is 4. The van der Waals surface area contributed by atoms with E-state index in [4.69, 9.17) is 0 Å². The third kappa shape index (κ3) is 6.91. The number of anilines is 1. The SMILES string of the molecule is Cc1cccc(NC(=O)C[NH+]2CC[NH+]([C@H](C)C(=O)NCCC3=CCCCC3)CC2)c1C. The first-order chi connectivity index (χ1) is 14.9. The summed E-state index contributed by atoms with van der Waals surface area (Å²) < 4.78 is 0. The fraction of sp³-hybridized carbons (Fsp3) is 0.600. The molecule has 2 aliphatic rings. The Morgan fingerprint density at radius 1 is 1.10 bits per heavy atom. The molecule has 6 heteroatoms. The zero-order valence-corrected chi connectivity index (χ0v) is 19.5. The van der Waals surface area contributed by atoms with Crippen LogP contribution in [0, 0.1) is 13.8 Å². The molecule has 0 saturated carbocycles.